The molecule has 4 aliphatic rings. The van der Waals surface area contributed by atoms with Gasteiger partial charge in [0.05, 0.1) is 17.8 Å². The fourth-order valence-corrected chi connectivity index (χ4v) is 8.24. The second kappa shape index (κ2) is 10.4. The van der Waals surface area contributed by atoms with Gasteiger partial charge in [-0.2, -0.15) is 0 Å². The zero-order valence-electron chi connectivity index (χ0n) is 24.8. The maximum atomic E-state index is 13.7. The molecule has 1 N–H and O–H groups in total. The fraction of sp³-hybridized carbons (Fsp3) is 0.576. The summed E-state index contributed by atoms with van der Waals surface area (Å²) in [5.74, 6) is -0.684. The Kier molecular flexibility index (Phi) is 6.76. The number of amides is 1. The van der Waals surface area contributed by atoms with Crippen LogP contribution in [0.3, 0.4) is 0 Å². The Bertz CT molecular complexity index is 1510. The molecule has 2 unspecified atom stereocenters. The number of aryl methyl sites for hydroxylation is 1. The number of rotatable bonds is 5. The number of benzene rings is 1. The number of carbonyl (C=O) groups is 2. The molecule has 7 rings (SSSR count). The average Bonchev–Trinajstić information content (AvgIpc) is 3.80. The maximum Gasteiger partial charge on any atom is 0.306 e. The van der Waals surface area contributed by atoms with E-state index < -0.39 is 5.97 Å². The van der Waals surface area contributed by atoms with Gasteiger partial charge in [0, 0.05) is 49.6 Å². The minimum absolute atomic E-state index is 0.0867. The number of carbonyl (C=O) groups excluding carboxylic acids is 1. The van der Waals surface area contributed by atoms with Crippen molar-refractivity contribution < 1.29 is 14.7 Å². The van der Waals surface area contributed by atoms with E-state index in [1.807, 2.05) is 18.0 Å². The van der Waals surface area contributed by atoms with E-state index in [1.165, 1.54) is 5.56 Å². The zero-order chi connectivity index (χ0) is 29.1. The van der Waals surface area contributed by atoms with Crippen molar-refractivity contribution in [2.75, 3.05) is 44.2 Å². The summed E-state index contributed by atoms with van der Waals surface area (Å²) in [6.45, 7) is 9.69. The highest BCUT2D eigenvalue weighted by molar-refractivity contribution is 5.91. The molecule has 3 saturated heterocycles. The van der Waals surface area contributed by atoms with Gasteiger partial charge in [0.2, 0.25) is 5.82 Å². The van der Waals surface area contributed by atoms with E-state index in [2.05, 4.69) is 53.1 Å². The van der Waals surface area contributed by atoms with Crippen LogP contribution in [-0.2, 0) is 10.2 Å². The molecule has 2 aromatic heterocycles. The molecule has 1 saturated carbocycles. The van der Waals surface area contributed by atoms with Crippen LogP contribution in [0, 0.1) is 18.3 Å². The first-order valence-electron chi connectivity index (χ1n) is 15.7. The number of carboxylic acid groups (broad SMARTS) is 1. The predicted molar refractivity (Wildman–Crippen MR) is 161 cm³/mol. The quantitative estimate of drug-likeness (QED) is 0.486. The van der Waals surface area contributed by atoms with Gasteiger partial charge < -0.3 is 14.9 Å². The average molecular weight is 571 g/mol. The van der Waals surface area contributed by atoms with E-state index in [-0.39, 0.29) is 28.5 Å². The van der Waals surface area contributed by atoms with Crippen LogP contribution in [0.25, 0.3) is 5.65 Å². The van der Waals surface area contributed by atoms with Gasteiger partial charge >= 0.3 is 5.97 Å². The topological polar surface area (TPSA) is 94.3 Å². The van der Waals surface area contributed by atoms with E-state index in [0.29, 0.717) is 6.04 Å². The van der Waals surface area contributed by atoms with Gasteiger partial charge in [-0.25, -0.2) is 9.50 Å². The number of pyridine rings is 1. The lowest BCUT2D eigenvalue weighted by Gasteiger charge is -2.35. The molecule has 4 atom stereocenters. The van der Waals surface area contributed by atoms with Crippen molar-refractivity contribution in [3.8, 4) is 0 Å². The number of aliphatic carboxylic acids is 1. The second-order valence-electron chi connectivity index (χ2n) is 13.7. The molecular weight excluding hydrogens is 528 g/mol. The van der Waals surface area contributed by atoms with Gasteiger partial charge in [-0.05, 0) is 69.2 Å². The van der Waals surface area contributed by atoms with Crippen LogP contribution in [0.5, 0.6) is 0 Å². The summed E-state index contributed by atoms with van der Waals surface area (Å²) in [6, 6.07) is 13.3. The molecule has 1 aliphatic carbocycles. The van der Waals surface area contributed by atoms with E-state index >= 15 is 0 Å². The molecule has 5 heterocycles. The molecule has 222 valence electrons. The number of hydrogen-bond acceptors (Lipinski definition) is 6. The third-order valence-electron chi connectivity index (χ3n) is 10.8. The summed E-state index contributed by atoms with van der Waals surface area (Å²) in [7, 11) is 0. The highest BCUT2D eigenvalue weighted by Gasteiger charge is 2.47. The number of anilines is 1. The van der Waals surface area contributed by atoms with Crippen LogP contribution in [0.2, 0.25) is 0 Å². The van der Waals surface area contributed by atoms with Gasteiger partial charge in [-0.15, -0.1) is 5.10 Å². The van der Waals surface area contributed by atoms with Crippen LogP contribution in [0.1, 0.15) is 73.6 Å². The first-order chi connectivity index (χ1) is 20.2. The van der Waals surface area contributed by atoms with Crippen LogP contribution in [-0.4, -0.2) is 86.7 Å². The lowest BCUT2D eigenvalue weighted by molar-refractivity contribution is -0.143. The van der Waals surface area contributed by atoms with Crippen molar-refractivity contribution in [2.24, 2.45) is 11.3 Å². The Morgan fingerprint density at radius 2 is 1.81 bits per heavy atom. The summed E-state index contributed by atoms with van der Waals surface area (Å²) in [5.41, 5.74) is 4.43. The predicted octanol–water partition coefficient (Wildman–Crippen LogP) is 4.39. The van der Waals surface area contributed by atoms with Crippen LogP contribution in [0.4, 0.5) is 5.69 Å². The highest BCUT2D eigenvalue weighted by Crippen LogP contribution is 2.43. The summed E-state index contributed by atoms with van der Waals surface area (Å²) in [4.78, 5) is 36.8. The maximum absolute atomic E-state index is 13.7. The number of nitrogens with zero attached hydrogens (tertiary/aromatic N) is 6. The van der Waals surface area contributed by atoms with Gasteiger partial charge in [0.1, 0.15) is 0 Å². The Hall–Kier alpha value is -3.46. The minimum atomic E-state index is -0.653. The lowest BCUT2D eigenvalue weighted by atomic mass is 9.82. The van der Waals surface area contributed by atoms with Gasteiger partial charge in [0.25, 0.3) is 5.91 Å². The molecule has 1 spiro atoms. The molecule has 4 fully saturated rings. The smallest absolute Gasteiger partial charge is 0.306 e. The SMILES string of the molecule is Cc1cc(N2CC[C@](C)(c3ccccc3)C2)cn2nc(C(=O)N3CC[C@@]4(CCN(C5CCCC(C(=O)O)C5)C4)C3)nc12. The molecule has 9 heteroatoms. The first-order valence-corrected chi connectivity index (χ1v) is 15.7. The molecule has 3 aliphatic heterocycles. The van der Waals surface area contributed by atoms with Crippen molar-refractivity contribution >= 4 is 23.2 Å². The highest BCUT2D eigenvalue weighted by atomic mass is 16.4. The van der Waals surface area contributed by atoms with Gasteiger partial charge in [-0.3, -0.25) is 14.5 Å². The van der Waals surface area contributed by atoms with Crippen molar-refractivity contribution in [3.63, 3.8) is 0 Å². The summed E-state index contributed by atoms with van der Waals surface area (Å²) in [5, 5.41) is 14.2. The summed E-state index contributed by atoms with van der Waals surface area (Å²) in [6.07, 6.45) is 8.77. The molecule has 0 radical (unpaired) electrons. The molecule has 9 nitrogen and oxygen atoms in total. The summed E-state index contributed by atoms with van der Waals surface area (Å²) >= 11 is 0. The molecule has 0 bridgehead atoms. The van der Waals surface area contributed by atoms with Gasteiger partial charge in [0.15, 0.2) is 5.65 Å². The Balaban J connectivity index is 1.03. The molecule has 1 aromatic carbocycles. The molecule has 3 aromatic rings. The monoisotopic (exact) mass is 570 g/mol. The van der Waals surface area contributed by atoms with E-state index in [1.54, 1.807) is 4.52 Å². The largest absolute Gasteiger partial charge is 0.481 e. The third-order valence-corrected chi connectivity index (χ3v) is 10.8. The van der Waals surface area contributed by atoms with E-state index in [0.717, 1.165) is 101 Å². The zero-order valence-corrected chi connectivity index (χ0v) is 24.8. The van der Waals surface area contributed by atoms with Crippen molar-refractivity contribution in [2.45, 2.75) is 70.3 Å². The van der Waals surface area contributed by atoms with E-state index in [9.17, 15) is 14.7 Å². The number of carboxylic acids is 1. The first kappa shape index (κ1) is 27.4. The Morgan fingerprint density at radius 3 is 2.62 bits per heavy atom. The summed E-state index contributed by atoms with van der Waals surface area (Å²) < 4.78 is 1.79. The number of aromatic nitrogens is 3. The number of fused-ring (bicyclic) bond motifs is 1. The number of likely N-dealkylation sites (tertiary alicyclic amines) is 2. The van der Waals surface area contributed by atoms with Crippen LogP contribution >= 0.6 is 0 Å². The number of hydrogen-bond donors (Lipinski definition) is 1. The third kappa shape index (κ3) is 4.85. The normalized spacial score (nSPS) is 30.1. The molecule has 1 amide bonds. The van der Waals surface area contributed by atoms with Crippen LogP contribution < -0.4 is 4.90 Å². The van der Waals surface area contributed by atoms with Crippen molar-refractivity contribution in [1.82, 2.24) is 24.4 Å². The fourth-order valence-electron chi connectivity index (χ4n) is 8.24. The molecular formula is C33H42N6O3. The molecule has 42 heavy (non-hydrogen) atoms. The van der Waals surface area contributed by atoms with Crippen molar-refractivity contribution in [3.05, 3.63) is 59.5 Å². The Morgan fingerprint density at radius 1 is 1.00 bits per heavy atom. The lowest BCUT2D eigenvalue weighted by Crippen LogP contribution is -2.41. The van der Waals surface area contributed by atoms with Crippen LogP contribution in [0.15, 0.2) is 42.6 Å². The Labute approximate surface area is 247 Å². The second-order valence-corrected chi connectivity index (χ2v) is 13.7. The van der Waals surface area contributed by atoms with Gasteiger partial charge in [-0.1, -0.05) is 43.7 Å². The standard InChI is InChI=1S/C33H42N6O3/c1-23-17-27(36-14-11-32(2,20-36)25-8-4-3-5-9-25)19-39-29(23)34-28(35-39)30(40)38-16-13-33(22-38)12-15-37(21-33)26-10-6-7-24(18-26)31(41)42/h3-5,8-9,17,19,24,26H,6-7,10-16,18,20-22H2,1-2H3,(H,41,42)/t24?,26?,32-,33+/m0/s1. The van der Waals surface area contributed by atoms with Crippen molar-refractivity contribution in [1.29, 1.82) is 0 Å². The minimum Gasteiger partial charge on any atom is -0.481 e. The van der Waals surface area contributed by atoms with E-state index in [4.69, 9.17) is 10.1 Å².